The Bertz CT molecular complexity index is 581. The summed E-state index contributed by atoms with van der Waals surface area (Å²) in [6, 6.07) is 15.0. The summed E-state index contributed by atoms with van der Waals surface area (Å²) in [5.74, 6) is 0. The summed E-state index contributed by atoms with van der Waals surface area (Å²) in [5, 5.41) is 3.35. The summed E-state index contributed by atoms with van der Waals surface area (Å²) < 4.78 is 1.12. The molecule has 2 nitrogen and oxygen atoms in total. The Morgan fingerprint density at radius 2 is 1.85 bits per heavy atom. The Hall–Kier alpha value is -1.32. The second-order valence-corrected chi connectivity index (χ2v) is 5.77. The number of anilines is 2. The van der Waals surface area contributed by atoms with Gasteiger partial charge in [0.1, 0.15) is 0 Å². The van der Waals surface area contributed by atoms with Crippen LogP contribution in [0.3, 0.4) is 0 Å². The minimum absolute atomic E-state index is 0.906. The quantitative estimate of drug-likeness (QED) is 0.858. The molecule has 2 aromatic carbocycles. The van der Waals surface area contributed by atoms with Gasteiger partial charge in [0.25, 0.3) is 0 Å². The first kappa shape index (κ1) is 15.1. The third-order valence-electron chi connectivity index (χ3n) is 3.43. The molecule has 0 heterocycles. The van der Waals surface area contributed by atoms with Gasteiger partial charge >= 0.3 is 0 Å². The maximum Gasteiger partial charge on any atom is 0.0552 e. The second-order valence-electron chi connectivity index (χ2n) is 4.91. The van der Waals surface area contributed by atoms with E-state index in [1.54, 1.807) is 0 Å². The Labute approximate surface area is 129 Å². The Kier molecular flexibility index (Phi) is 5.21. The molecule has 3 heteroatoms. The molecule has 0 unspecified atom stereocenters. The summed E-state index contributed by atoms with van der Waals surface area (Å²) in [4.78, 5) is 2.22. The molecule has 0 aromatic heterocycles. The molecule has 0 amide bonds. The van der Waals surface area contributed by atoms with Gasteiger partial charge in [0.05, 0.1) is 5.69 Å². The summed E-state index contributed by atoms with van der Waals surface area (Å²) >= 11 is 3.69. The lowest BCUT2D eigenvalue weighted by Gasteiger charge is -2.23. The summed E-state index contributed by atoms with van der Waals surface area (Å²) in [6.07, 6.45) is 0. The molecule has 20 heavy (non-hydrogen) atoms. The van der Waals surface area contributed by atoms with Crippen molar-refractivity contribution in [1.82, 2.24) is 5.32 Å². The highest BCUT2D eigenvalue weighted by Crippen LogP contribution is 2.33. The maximum atomic E-state index is 3.69. The van der Waals surface area contributed by atoms with Crippen molar-refractivity contribution in [3.63, 3.8) is 0 Å². The number of nitrogens with zero attached hydrogens (tertiary/aromatic N) is 1. The molecule has 0 bridgehead atoms. The fourth-order valence-corrected chi connectivity index (χ4v) is 2.96. The summed E-state index contributed by atoms with van der Waals surface area (Å²) in [5.41, 5.74) is 4.98. The van der Waals surface area contributed by atoms with E-state index >= 15 is 0 Å². The number of para-hydroxylation sites is 1. The van der Waals surface area contributed by atoms with Crippen molar-refractivity contribution >= 4 is 27.3 Å². The molecule has 2 aromatic rings. The first-order valence-corrected chi connectivity index (χ1v) is 7.71. The summed E-state index contributed by atoms with van der Waals surface area (Å²) in [6.45, 7) is 6.15. The van der Waals surface area contributed by atoms with Crippen LogP contribution in [0.15, 0.2) is 46.9 Å². The number of hydrogen-bond donors (Lipinski definition) is 1. The van der Waals surface area contributed by atoms with E-state index in [9.17, 15) is 0 Å². The number of hydrogen-bond acceptors (Lipinski definition) is 2. The SMILES string of the molecule is CCNCc1ccc(N(C)c2ccccc2C)c(Br)c1. The van der Waals surface area contributed by atoms with Crippen molar-refractivity contribution in [3.8, 4) is 0 Å². The van der Waals surface area contributed by atoms with Crippen LogP contribution in [0.2, 0.25) is 0 Å². The zero-order chi connectivity index (χ0) is 14.5. The summed E-state index contributed by atoms with van der Waals surface area (Å²) in [7, 11) is 2.10. The highest BCUT2D eigenvalue weighted by atomic mass is 79.9. The predicted molar refractivity (Wildman–Crippen MR) is 90.8 cm³/mol. The van der Waals surface area contributed by atoms with Gasteiger partial charge in [-0.3, -0.25) is 0 Å². The molecule has 0 aliphatic heterocycles. The number of halogens is 1. The minimum atomic E-state index is 0.906. The highest BCUT2D eigenvalue weighted by Gasteiger charge is 2.10. The molecule has 0 atom stereocenters. The van der Waals surface area contributed by atoms with Crippen LogP contribution in [-0.2, 0) is 6.54 Å². The predicted octanol–water partition coefficient (Wildman–Crippen LogP) is 4.63. The average molecular weight is 333 g/mol. The van der Waals surface area contributed by atoms with Crippen LogP contribution in [0.5, 0.6) is 0 Å². The maximum absolute atomic E-state index is 3.69. The van der Waals surface area contributed by atoms with Gasteiger partial charge in [0.15, 0.2) is 0 Å². The molecule has 0 fully saturated rings. The molecule has 106 valence electrons. The largest absolute Gasteiger partial charge is 0.343 e. The Balaban J connectivity index is 2.27. The van der Waals surface area contributed by atoms with E-state index in [0.29, 0.717) is 0 Å². The molecule has 0 saturated carbocycles. The van der Waals surface area contributed by atoms with Gasteiger partial charge < -0.3 is 10.2 Å². The molecule has 0 spiro atoms. The number of benzene rings is 2. The Morgan fingerprint density at radius 3 is 2.50 bits per heavy atom. The van der Waals surface area contributed by atoms with Gasteiger partial charge in [-0.05, 0) is 58.7 Å². The van der Waals surface area contributed by atoms with Gasteiger partial charge in [-0.25, -0.2) is 0 Å². The third-order valence-corrected chi connectivity index (χ3v) is 4.06. The van der Waals surface area contributed by atoms with Crippen LogP contribution in [0, 0.1) is 6.92 Å². The molecule has 0 radical (unpaired) electrons. The zero-order valence-electron chi connectivity index (χ0n) is 12.3. The van der Waals surface area contributed by atoms with Crippen LogP contribution in [0.25, 0.3) is 0 Å². The number of aryl methyl sites for hydroxylation is 1. The molecule has 2 rings (SSSR count). The molecular formula is C17H21BrN2. The van der Waals surface area contributed by atoms with Crippen molar-refractivity contribution in [2.24, 2.45) is 0 Å². The van der Waals surface area contributed by atoms with Crippen molar-refractivity contribution in [3.05, 3.63) is 58.1 Å². The monoisotopic (exact) mass is 332 g/mol. The smallest absolute Gasteiger partial charge is 0.0552 e. The van der Waals surface area contributed by atoms with E-state index in [0.717, 1.165) is 17.6 Å². The molecule has 0 saturated heterocycles. The molecule has 0 aliphatic carbocycles. The zero-order valence-corrected chi connectivity index (χ0v) is 13.9. The van der Waals surface area contributed by atoms with Crippen LogP contribution in [0.1, 0.15) is 18.1 Å². The van der Waals surface area contributed by atoms with Crippen LogP contribution in [-0.4, -0.2) is 13.6 Å². The lowest BCUT2D eigenvalue weighted by molar-refractivity contribution is 0.726. The van der Waals surface area contributed by atoms with Crippen molar-refractivity contribution < 1.29 is 0 Å². The average Bonchev–Trinajstić information content (AvgIpc) is 2.45. The fourth-order valence-electron chi connectivity index (χ4n) is 2.27. The van der Waals surface area contributed by atoms with Gasteiger partial charge in [-0.1, -0.05) is 31.2 Å². The number of rotatable bonds is 5. The normalized spacial score (nSPS) is 10.6. The first-order chi connectivity index (χ1) is 9.63. The number of nitrogens with one attached hydrogen (secondary N) is 1. The van der Waals surface area contributed by atoms with E-state index in [4.69, 9.17) is 0 Å². The van der Waals surface area contributed by atoms with Crippen molar-refractivity contribution in [1.29, 1.82) is 0 Å². The topological polar surface area (TPSA) is 15.3 Å². The minimum Gasteiger partial charge on any atom is -0.343 e. The van der Waals surface area contributed by atoms with E-state index in [2.05, 4.69) is 89.5 Å². The Morgan fingerprint density at radius 1 is 1.10 bits per heavy atom. The third kappa shape index (κ3) is 3.41. The standard InChI is InChI=1S/C17H21BrN2/c1-4-19-12-14-9-10-17(15(18)11-14)20(3)16-8-6-5-7-13(16)2/h5-11,19H,4,12H2,1-3H3. The highest BCUT2D eigenvalue weighted by molar-refractivity contribution is 9.10. The second kappa shape index (κ2) is 6.91. The first-order valence-electron chi connectivity index (χ1n) is 6.92. The van der Waals surface area contributed by atoms with Crippen molar-refractivity contribution in [2.75, 3.05) is 18.5 Å². The van der Waals surface area contributed by atoms with Crippen molar-refractivity contribution in [2.45, 2.75) is 20.4 Å². The van der Waals surface area contributed by atoms with E-state index in [1.165, 1.54) is 22.5 Å². The lowest BCUT2D eigenvalue weighted by atomic mass is 10.1. The van der Waals surface area contributed by atoms with E-state index in [-0.39, 0.29) is 0 Å². The van der Waals surface area contributed by atoms with E-state index < -0.39 is 0 Å². The van der Waals surface area contributed by atoms with Crippen LogP contribution in [0.4, 0.5) is 11.4 Å². The van der Waals surface area contributed by atoms with E-state index in [1.807, 2.05) is 0 Å². The van der Waals surface area contributed by atoms with Gasteiger partial charge in [0, 0.05) is 23.8 Å². The van der Waals surface area contributed by atoms with Gasteiger partial charge in [-0.2, -0.15) is 0 Å². The van der Waals surface area contributed by atoms with Crippen LogP contribution >= 0.6 is 15.9 Å². The van der Waals surface area contributed by atoms with Gasteiger partial charge in [-0.15, -0.1) is 0 Å². The molecule has 0 aliphatic rings. The fraction of sp³-hybridized carbons (Fsp3) is 0.294. The lowest BCUT2D eigenvalue weighted by Crippen LogP contribution is -2.13. The molecule has 1 N–H and O–H groups in total. The molecular weight excluding hydrogens is 312 g/mol. The van der Waals surface area contributed by atoms with Crippen LogP contribution < -0.4 is 10.2 Å². The van der Waals surface area contributed by atoms with Gasteiger partial charge in [0.2, 0.25) is 0 Å².